The largest absolute Gasteiger partial charge is 0.451 e. The lowest BCUT2D eigenvalue weighted by Gasteiger charge is -2.02. The summed E-state index contributed by atoms with van der Waals surface area (Å²) in [6.45, 7) is 1.64. The monoisotopic (exact) mass is 249 g/mol. The first-order chi connectivity index (χ1) is 8.25. The summed E-state index contributed by atoms with van der Waals surface area (Å²) in [4.78, 5) is 12.2. The van der Waals surface area contributed by atoms with E-state index in [9.17, 15) is 4.79 Å². The van der Waals surface area contributed by atoms with E-state index in [1.165, 1.54) is 0 Å². The van der Waals surface area contributed by atoms with Gasteiger partial charge < -0.3 is 9.73 Å². The average Bonchev–Trinajstić information content (AvgIpc) is 2.98. The van der Waals surface area contributed by atoms with Gasteiger partial charge in [-0.1, -0.05) is 23.7 Å². The van der Waals surface area contributed by atoms with E-state index in [1.807, 2.05) is 12.1 Å². The summed E-state index contributed by atoms with van der Waals surface area (Å²) < 4.78 is 5.56. The Balaban J connectivity index is 2.00. The minimum atomic E-state index is 0.0364. The summed E-state index contributed by atoms with van der Waals surface area (Å²) in [5.74, 6) is 0.526. The highest BCUT2D eigenvalue weighted by Gasteiger charge is 2.26. The first-order valence-electron chi connectivity index (χ1n) is 5.69. The molecule has 1 N–H and O–H groups in total. The van der Waals surface area contributed by atoms with Gasteiger partial charge in [0.25, 0.3) is 0 Å². The summed E-state index contributed by atoms with van der Waals surface area (Å²) in [5, 5.41) is 4.61. The van der Waals surface area contributed by atoms with Crippen LogP contribution in [0.25, 0.3) is 11.0 Å². The van der Waals surface area contributed by atoms with E-state index in [1.54, 1.807) is 12.1 Å². The highest BCUT2D eigenvalue weighted by Crippen LogP contribution is 2.28. The van der Waals surface area contributed by atoms with Crippen LogP contribution in [0.1, 0.15) is 17.0 Å². The fraction of sp³-hybridized carbons (Fsp3) is 0.308. The predicted molar refractivity (Wildman–Crippen MR) is 66.5 cm³/mol. The van der Waals surface area contributed by atoms with Crippen molar-refractivity contribution < 1.29 is 9.21 Å². The van der Waals surface area contributed by atoms with Gasteiger partial charge in [0.05, 0.1) is 5.02 Å². The Bertz CT molecular complexity index is 570. The number of hydrogen-bond donors (Lipinski definition) is 1. The summed E-state index contributed by atoms with van der Waals surface area (Å²) in [6, 6.07) is 7.29. The third-order valence-corrected chi connectivity index (χ3v) is 3.47. The van der Waals surface area contributed by atoms with E-state index in [2.05, 4.69) is 5.32 Å². The maximum absolute atomic E-state index is 12.2. The molecule has 1 aliphatic heterocycles. The summed E-state index contributed by atoms with van der Waals surface area (Å²) in [6.07, 6.45) is 0.879. The molecule has 0 radical (unpaired) electrons. The number of carbonyl (C=O) groups is 1. The molecular weight excluding hydrogens is 238 g/mol. The highest BCUT2D eigenvalue weighted by molar-refractivity contribution is 6.34. The van der Waals surface area contributed by atoms with E-state index < -0.39 is 0 Å². The molecule has 0 spiro atoms. The molecule has 2 heterocycles. The van der Waals surface area contributed by atoms with Gasteiger partial charge in [-0.15, -0.1) is 0 Å². The Labute approximate surface area is 104 Å². The second kappa shape index (κ2) is 4.17. The van der Waals surface area contributed by atoms with Crippen molar-refractivity contribution in [2.45, 2.75) is 6.42 Å². The van der Waals surface area contributed by atoms with Crippen LogP contribution in [-0.4, -0.2) is 18.9 Å². The molecule has 2 aromatic rings. The normalized spacial score (nSPS) is 19.9. The standard InChI is InChI=1S/C13H12ClNO2/c14-10-3-1-2-8-6-11(17-13(8)10)12(16)9-4-5-15-7-9/h1-3,6,9,15H,4-5,7H2. The first-order valence-corrected chi connectivity index (χ1v) is 6.06. The van der Waals surface area contributed by atoms with Crippen LogP contribution in [0, 0.1) is 5.92 Å². The average molecular weight is 250 g/mol. The topological polar surface area (TPSA) is 42.2 Å². The number of hydrogen-bond acceptors (Lipinski definition) is 3. The van der Waals surface area contributed by atoms with E-state index in [4.69, 9.17) is 16.0 Å². The highest BCUT2D eigenvalue weighted by atomic mass is 35.5. The van der Waals surface area contributed by atoms with E-state index in [-0.39, 0.29) is 11.7 Å². The van der Waals surface area contributed by atoms with Crippen LogP contribution < -0.4 is 5.32 Å². The predicted octanol–water partition coefficient (Wildman–Crippen LogP) is 2.88. The molecule has 0 bridgehead atoms. The van der Waals surface area contributed by atoms with Gasteiger partial charge in [0, 0.05) is 17.8 Å². The van der Waals surface area contributed by atoms with Crippen LogP contribution in [0.5, 0.6) is 0 Å². The van der Waals surface area contributed by atoms with E-state index in [0.717, 1.165) is 24.9 Å². The molecule has 0 amide bonds. The number of furan rings is 1. The van der Waals surface area contributed by atoms with Crippen molar-refractivity contribution in [3.8, 4) is 0 Å². The Kier molecular flexibility index (Phi) is 2.65. The summed E-state index contributed by atoms with van der Waals surface area (Å²) in [5.41, 5.74) is 0.600. The Hall–Kier alpha value is -1.32. The van der Waals surface area contributed by atoms with Crippen LogP contribution in [0.2, 0.25) is 5.02 Å². The molecule has 1 saturated heterocycles. The number of ketones is 1. The van der Waals surface area contributed by atoms with Crippen molar-refractivity contribution in [1.82, 2.24) is 5.32 Å². The van der Waals surface area contributed by atoms with Crippen molar-refractivity contribution in [2.24, 2.45) is 5.92 Å². The zero-order valence-electron chi connectivity index (χ0n) is 9.20. The number of para-hydroxylation sites is 1. The summed E-state index contributed by atoms with van der Waals surface area (Å²) >= 11 is 6.02. The number of rotatable bonds is 2. The van der Waals surface area contributed by atoms with E-state index in [0.29, 0.717) is 16.4 Å². The molecule has 1 unspecified atom stereocenters. The molecule has 0 aliphatic carbocycles. The van der Waals surface area contributed by atoms with Crippen LogP contribution in [0.4, 0.5) is 0 Å². The SMILES string of the molecule is O=C(c1cc2cccc(Cl)c2o1)C1CCNC1. The molecular formula is C13H12ClNO2. The third kappa shape index (κ3) is 1.85. The Morgan fingerprint density at radius 1 is 1.47 bits per heavy atom. The molecule has 1 aromatic carbocycles. The van der Waals surface area contributed by atoms with Gasteiger partial charge in [-0.3, -0.25) is 4.79 Å². The van der Waals surface area contributed by atoms with Crippen LogP contribution in [-0.2, 0) is 0 Å². The number of halogens is 1. The smallest absolute Gasteiger partial charge is 0.202 e. The van der Waals surface area contributed by atoms with Gasteiger partial charge >= 0.3 is 0 Å². The minimum absolute atomic E-state index is 0.0364. The van der Waals surface area contributed by atoms with Crippen molar-refractivity contribution in [2.75, 3.05) is 13.1 Å². The molecule has 3 nitrogen and oxygen atoms in total. The van der Waals surface area contributed by atoms with Gasteiger partial charge in [0.15, 0.2) is 11.3 Å². The van der Waals surface area contributed by atoms with Gasteiger partial charge in [0.1, 0.15) is 0 Å². The molecule has 1 aliphatic rings. The zero-order valence-corrected chi connectivity index (χ0v) is 9.96. The number of nitrogens with one attached hydrogen (secondary N) is 1. The first kappa shape index (κ1) is 10.8. The number of benzene rings is 1. The quantitative estimate of drug-likeness (QED) is 0.833. The van der Waals surface area contributed by atoms with Crippen molar-refractivity contribution in [3.05, 3.63) is 35.0 Å². The fourth-order valence-corrected chi connectivity index (χ4v) is 2.45. The van der Waals surface area contributed by atoms with E-state index >= 15 is 0 Å². The molecule has 3 rings (SSSR count). The van der Waals surface area contributed by atoms with Gasteiger partial charge in [-0.2, -0.15) is 0 Å². The third-order valence-electron chi connectivity index (χ3n) is 3.17. The second-order valence-corrected chi connectivity index (χ2v) is 4.73. The lowest BCUT2D eigenvalue weighted by molar-refractivity contribution is 0.0904. The van der Waals surface area contributed by atoms with Crippen LogP contribution in [0.15, 0.2) is 28.7 Å². The molecule has 88 valence electrons. The van der Waals surface area contributed by atoms with Gasteiger partial charge in [0.2, 0.25) is 5.78 Å². The molecule has 1 aromatic heterocycles. The maximum atomic E-state index is 12.2. The lowest BCUT2D eigenvalue weighted by Crippen LogP contribution is -2.17. The molecule has 1 fully saturated rings. The van der Waals surface area contributed by atoms with Gasteiger partial charge in [-0.05, 0) is 25.1 Å². The molecule has 0 saturated carbocycles. The number of Topliss-reactive ketones (excluding diaryl/α,β-unsaturated/α-hetero) is 1. The molecule has 1 atom stereocenters. The summed E-state index contributed by atoms with van der Waals surface area (Å²) in [7, 11) is 0. The Morgan fingerprint density at radius 3 is 3.06 bits per heavy atom. The van der Waals surface area contributed by atoms with Crippen molar-refractivity contribution in [3.63, 3.8) is 0 Å². The maximum Gasteiger partial charge on any atom is 0.202 e. The van der Waals surface area contributed by atoms with Crippen molar-refractivity contribution in [1.29, 1.82) is 0 Å². The zero-order chi connectivity index (χ0) is 11.8. The van der Waals surface area contributed by atoms with Gasteiger partial charge in [-0.25, -0.2) is 0 Å². The minimum Gasteiger partial charge on any atom is -0.451 e. The molecule has 4 heteroatoms. The van der Waals surface area contributed by atoms with Crippen LogP contribution >= 0.6 is 11.6 Å². The lowest BCUT2D eigenvalue weighted by atomic mass is 10.0. The second-order valence-electron chi connectivity index (χ2n) is 4.32. The van der Waals surface area contributed by atoms with Crippen molar-refractivity contribution >= 4 is 28.4 Å². The van der Waals surface area contributed by atoms with Crippen LogP contribution in [0.3, 0.4) is 0 Å². The Morgan fingerprint density at radius 2 is 2.35 bits per heavy atom. The fourth-order valence-electron chi connectivity index (χ4n) is 2.23. The number of carbonyl (C=O) groups excluding carboxylic acids is 1. The number of fused-ring (bicyclic) bond motifs is 1. The molecule has 17 heavy (non-hydrogen) atoms.